The molecule has 0 atom stereocenters. The van der Waals surface area contributed by atoms with Crippen LogP contribution in [0.3, 0.4) is 0 Å². The molecule has 2 aromatic rings. The van der Waals surface area contributed by atoms with Crippen LogP contribution in [0.4, 0.5) is 11.4 Å². The van der Waals surface area contributed by atoms with Gasteiger partial charge in [-0.1, -0.05) is 11.6 Å². The first kappa shape index (κ1) is 12.7. The number of hydrogen-bond donors (Lipinski definition) is 1. The Balaban J connectivity index is 1.97. The Morgan fingerprint density at radius 2 is 2.20 bits per heavy atom. The lowest BCUT2D eigenvalue weighted by Gasteiger charge is -2.29. The van der Waals surface area contributed by atoms with Crippen molar-refractivity contribution in [3.8, 4) is 5.75 Å². The molecule has 20 heavy (non-hydrogen) atoms. The van der Waals surface area contributed by atoms with Crippen LogP contribution < -0.4 is 15.4 Å². The first-order chi connectivity index (χ1) is 9.63. The van der Waals surface area contributed by atoms with Crippen LogP contribution in [0.1, 0.15) is 5.69 Å². The van der Waals surface area contributed by atoms with Crippen LogP contribution in [0.5, 0.6) is 5.75 Å². The van der Waals surface area contributed by atoms with Crippen LogP contribution in [0.2, 0.25) is 5.02 Å². The molecule has 1 aliphatic rings. The Morgan fingerprint density at radius 3 is 3.00 bits per heavy atom. The number of amides is 1. The van der Waals surface area contributed by atoms with Gasteiger partial charge < -0.3 is 10.5 Å². The predicted molar refractivity (Wildman–Crippen MR) is 76.8 cm³/mol. The second-order valence-electron chi connectivity index (χ2n) is 4.46. The maximum atomic E-state index is 12.1. The predicted octanol–water partition coefficient (Wildman–Crippen LogP) is 2.24. The number of anilines is 2. The standard InChI is InChI=1S/C14H12ClN3O2/c15-9-1-2-13-12(5-9)18(14(19)8-20-13)7-11-6-10(16)3-4-17-11/h1-6H,7-8H2,(H2,16,17). The quantitative estimate of drug-likeness (QED) is 0.920. The third kappa shape index (κ3) is 2.40. The Morgan fingerprint density at radius 1 is 1.35 bits per heavy atom. The van der Waals surface area contributed by atoms with Gasteiger partial charge >= 0.3 is 0 Å². The number of benzene rings is 1. The van der Waals surface area contributed by atoms with Gasteiger partial charge in [-0.3, -0.25) is 14.7 Å². The average Bonchev–Trinajstić information content (AvgIpc) is 2.42. The molecule has 0 fully saturated rings. The van der Waals surface area contributed by atoms with E-state index >= 15 is 0 Å². The third-order valence-corrected chi connectivity index (χ3v) is 3.26. The van der Waals surface area contributed by atoms with Gasteiger partial charge in [-0.05, 0) is 30.3 Å². The van der Waals surface area contributed by atoms with Gasteiger partial charge in [0.05, 0.1) is 17.9 Å². The molecular formula is C14H12ClN3O2. The van der Waals surface area contributed by atoms with Crippen LogP contribution in [0, 0.1) is 0 Å². The highest BCUT2D eigenvalue weighted by atomic mass is 35.5. The van der Waals surface area contributed by atoms with Crippen molar-refractivity contribution in [1.82, 2.24) is 4.98 Å². The van der Waals surface area contributed by atoms with E-state index in [9.17, 15) is 4.79 Å². The van der Waals surface area contributed by atoms with Gasteiger partial charge in [0.2, 0.25) is 0 Å². The number of carbonyl (C=O) groups excluding carboxylic acids is 1. The number of carbonyl (C=O) groups is 1. The zero-order valence-corrected chi connectivity index (χ0v) is 11.3. The van der Waals surface area contributed by atoms with Gasteiger partial charge in [0.1, 0.15) is 5.75 Å². The molecule has 6 heteroatoms. The molecule has 0 saturated carbocycles. The molecule has 102 valence electrons. The summed E-state index contributed by atoms with van der Waals surface area (Å²) < 4.78 is 5.39. The Bertz CT molecular complexity index is 675. The zero-order valence-electron chi connectivity index (χ0n) is 10.5. The number of aromatic nitrogens is 1. The number of nitrogen functional groups attached to an aromatic ring is 1. The Kier molecular flexibility index (Phi) is 3.20. The minimum Gasteiger partial charge on any atom is -0.482 e. The van der Waals surface area contributed by atoms with Gasteiger partial charge in [-0.25, -0.2) is 0 Å². The van der Waals surface area contributed by atoms with Crippen LogP contribution in [-0.2, 0) is 11.3 Å². The van der Waals surface area contributed by atoms with Crippen molar-refractivity contribution in [2.45, 2.75) is 6.54 Å². The number of nitrogens with two attached hydrogens (primary N) is 1. The molecular weight excluding hydrogens is 278 g/mol. The van der Waals surface area contributed by atoms with Crippen molar-refractivity contribution in [3.05, 3.63) is 47.2 Å². The maximum Gasteiger partial charge on any atom is 0.265 e. The lowest BCUT2D eigenvalue weighted by molar-refractivity contribution is -0.121. The summed E-state index contributed by atoms with van der Waals surface area (Å²) in [5.41, 5.74) is 7.71. The van der Waals surface area contributed by atoms with E-state index in [4.69, 9.17) is 22.1 Å². The molecule has 0 bridgehead atoms. The molecule has 1 aliphatic heterocycles. The molecule has 3 rings (SSSR count). The normalized spacial score (nSPS) is 13.8. The van der Waals surface area contributed by atoms with E-state index in [0.717, 1.165) is 0 Å². The highest BCUT2D eigenvalue weighted by Gasteiger charge is 2.26. The van der Waals surface area contributed by atoms with E-state index in [-0.39, 0.29) is 12.5 Å². The highest BCUT2D eigenvalue weighted by Crippen LogP contribution is 2.35. The van der Waals surface area contributed by atoms with Crippen molar-refractivity contribution in [2.24, 2.45) is 0 Å². The number of hydrogen-bond acceptors (Lipinski definition) is 4. The lowest BCUT2D eigenvalue weighted by atomic mass is 10.2. The van der Waals surface area contributed by atoms with Gasteiger partial charge in [0.15, 0.2) is 6.61 Å². The maximum absolute atomic E-state index is 12.1. The zero-order chi connectivity index (χ0) is 14.1. The van der Waals surface area contributed by atoms with E-state index in [2.05, 4.69) is 4.98 Å². The van der Waals surface area contributed by atoms with E-state index in [1.165, 1.54) is 0 Å². The summed E-state index contributed by atoms with van der Waals surface area (Å²) in [4.78, 5) is 17.9. The van der Waals surface area contributed by atoms with Crippen LogP contribution >= 0.6 is 11.6 Å². The van der Waals surface area contributed by atoms with Crippen molar-refractivity contribution >= 4 is 28.9 Å². The summed E-state index contributed by atoms with van der Waals surface area (Å²) in [6.45, 7) is 0.345. The summed E-state index contributed by atoms with van der Waals surface area (Å²) in [5.74, 6) is 0.502. The molecule has 0 saturated heterocycles. The number of halogens is 1. The van der Waals surface area contributed by atoms with Gasteiger partial charge in [-0.2, -0.15) is 0 Å². The number of pyridine rings is 1. The molecule has 0 radical (unpaired) electrons. The molecule has 2 N–H and O–H groups in total. The minimum atomic E-state index is -0.135. The minimum absolute atomic E-state index is 0.0109. The Labute approximate surface area is 120 Å². The smallest absolute Gasteiger partial charge is 0.265 e. The van der Waals surface area contributed by atoms with Gasteiger partial charge in [-0.15, -0.1) is 0 Å². The number of ether oxygens (including phenoxy) is 1. The largest absolute Gasteiger partial charge is 0.482 e. The van der Waals surface area contributed by atoms with E-state index in [1.54, 1.807) is 41.4 Å². The second kappa shape index (κ2) is 5.02. The fraction of sp³-hybridized carbons (Fsp3) is 0.143. The summed E-state index contributed by atoms with van der Waals surface area (Å²) in [6, 6.07) is 8.64. The molecule has 0 spiro atoms. The molecule has 1 aromatic carbocycles. The van der Waals surface area contributed by atoms with Crippen molar-refractivity contribution < 1.29 is 9.53 Å². The van der Waals surface area contributed by atoms with Gasteiger partial charge in [0.25, 0.3) is 5.91 Å². The van der Waals surface area contributed by atoms with Crippen LogP contribution in [0.15, 0.2) is 36.5 Å². The lowest BCUT2D eigenvalue weighted by Crippen LogP contribution is -2.38. The van der Waals surface area contributed by atoms with Crippen LogP contribution in [0.25, 0.3) is 0 Å². The monoisotopic (exact) mass is 289 g/mol. The molecule has 1 amide bonds. The SMILES string of the molecule is Nc1ccnc(CN2C(=O)COc3ccc(Cl)cc32)c1. The van der Waals surface area contributed by atoms with Gasteiger partial charge in [0, 0.05) is 16.9 Å². The summed E-state index contributed by atoms with van der Waals surface area (Å²) in [5, 5.41) is 0.549. The second-order valence-corrected chi connectivity index (χ2v) is 4.90. The van der Waals surface area contributed by atoms with Crippen LogP contribution in [-0.4, -0.2) is 17.5 Å². The highest BCUT2D eigenvalue weighted by molar-refractivity contribution is 6.31. The van der Waals surface area contributed by atoms with E-state index in [0.29, 0.717) is 34.4 Å². The number of fused-ring (bicyclic) bond motifs is 1. The van der Waals surface area contributed by atoms with Crippen molar-refractivity contribution in [1.29, 1.82) is 0 Å². The summed E-state index contributed by atoms with van der Waals surface area (Å²) >= 11 is 5.99. The molecule has 5 nitrogen and oxygen atoms in total. The molecule has 0 unspecified atom stereocenters. The first-order valence-electron chi connectivity index (χ1n) is 6.06. The molecule has 2 heterocycles. The third-order valence-electron chi connectivity index (χ3n) is 3.02. The number of rotatable bonds is 2. The topological polar surface area (TPSA) is 68.5 Å². The summed E-state index contributed by atoms with van der Waals surface area (Å²) in [7, 11) is 0. The molecule has 0 aliphatic carbocycles. The average molecular weight is 290 g/mol. The fourth-order valence-corrected chi connectivity index (χ4v) is 2.26. The number of nitrogens with zero attached hydrogens (tertiary/aromatic N) is 2. The van der Waals surface area contributed by atoms with Crippen molar-refractivity contribution in [2.75, 3.05) is 17.2 Å². The van der Waals surface area contributed by atoms with Crippen molar-refractivity contribution in [3.63, 3.8) is 0 Å². The fourth-order valence-electron chi connectivity index (χ4n) is 2.09. The summed E-state index contributed by atoms with van der Waals surface area (Å²) in [6.07, 6.45) is 1.62. The molecule has 1 aromatic heterocycles. The van der Waals surface area contributed by atoms with E-state index in [1.807, 2.05) is 0 Å². The Hall–Kier alpha value is -2.27. The van der Waals surface area contributed by atoms with E-state index < -0.39 is 0 Å². The first-order valence-corrected chi connectivity index (χ1v) is 6.44.